The molecule has 0 saturated carbocycles. The first kappa shape index (κ1) is 14.3. The molecule has 1 amide bonds. The van der Waals surface area contributed by atoms with E-state index in [1.807, 2.05) is 6.07 Å². The second-order valence-electron chi connectivity index (χ2n) is 5.38. The molecule has 0 radical (unpaired) electrons. The molecule has 1 aliphatic rings. The Kier molecular flexibility index (Phi) is 4.34. The Morgan fingerprint density at radius 2 is 2.24 bits per heavy atom. The van der Waals surface area contributed by atoms with Gasteiger partial charge in [-0.2, -0.15) is 0 Å². The highest BCUT2D eigenvalue weighted by atomic mass is 32.1. The van der Waals surface area contributed by atoms with Crippen LogP contribution in [-0.4, -0.2) is 12.5 Å². The Morgan fingerprint density at radius 3 is 3.00 bits per heavy atom. The summed E-state index contributed by atoms with van der Waals surface area (Å²) in [4.78, 5) is 12.7. The van der Waals surface area contributed by atoms with E-state index in [0.717, 1.165) is 17.5 Å². The van der Waals surface area contributed by atoms with Gasteiger partial charge in [-0.3, -0.25) is 4.79 Å². The van der Waals surface area contributed by atoms with Crippen LogP contribution in [0, 0.1) is 5.82 Å². The maximum Gasteiger partial charge on any atom is 0.261 e. The number of allylic oxidation sites excluding steroid dienone is 1. The zero-order valence-corrected chi connectivity index (χ0v) is 12.6. The standard InChI is InChI=1S/C17H18FNOS/c18-14-7-4-8-15-13(14)11-16(21-15)17(20)19-10-9-12-5-2-1-3-6-12/h4-5,7-8,11H,1-3,6,9-10H2,(H,19,20). The number of nitrogens with one attached hydrogen (secondary N) is 1. The lowest BCUT2D eigenvalue weighted by Crippen LogP contribution is -2.24. The van der Waals surface area contributed by atoms with Crippen LogP contribution < -0.4 is 5.32 Å². The van der Waals surface area contributed by atoms with E-state index in [9.17, 15) is 9.18 Å². The second-order valence-corrected chi connectivity index (χ2v) is 6.46. The van der Waals surface area contributed by atoms with Gasteiger partial charge in [0, 0.05) is 16.6 Å². The number of thiophene rings is 1. The van der Waals surface area contributed by atoms with Gasteiger partial charge in [-0.15, -0.1) is 11.3 Å². The molecule has 0 fully saturated rings. The minimum absolute atomic E-state index is 0.105. The molecular formula is C17H18FNOS. The number of carbonyl (C=O) groups excluding carboxylic acids is 1. The smallest absolute Gasteiger partial charge is 0.261 e. The first-order valence-electron chi connectivity index (χ1n) is 7.38. The van der Waals surface area contributed by atoms with E-state index >= 15 is 0 Å². The summed E-state index contributed by atoms with van der Waals surface area (Å²) in [7, 11) is 0. The van der Waals surface area contributed by atoms with Crippen molar-refractivity contribution < 1.29 is 9.18 Å². The minimum atomic E-state index is -0.268. The first-order chi connectivity index (χ1) is 10.2. The molecule has 0 aliphatic heterocycles. The number of rotatable bonds is 4. The molecule has 0 spiro atoms. The van der Waals surface area contributed by atoms with Gasteiger partial charge in [0.25, 0.3) is 5.91 Å². The van der Waals surface area contributed by atoms with E-state index in [1.165, 1.54) is 42.2 Å². The molecule has 2 nitrogen and oxygen atoms in total. The van der Waals surface area contributed by atoms with Crippen LogP contribution in [0.1, 0.15) is 41.8 Å². The van der Waals surface area contributed by atoms with Crippen LogP contribution in [0.25, 0.3) is 10.1 Å². The highest BCUT2D eigenvalue weighted by molar-refractivity contribution is 7.20. The Bertz CT molecular complexity index is 689. The van der Waals surface area contributed by atoms with Crippen molar-refractivity contribution in [3.05, 3.63) is 46.6 Å². The van der Waals surface area contributed by atoms with E-state index in [0.29, 0.717) is 16.8 Å². The Hall–Kier alpha value is -1.68. The number of carbonyl (C=O) groups is 1. The molecule has 21 heavy (non-hydrogen) atoms. The number of hydrogen-bond acceptors (Lipinski definition) is 2. The van der Waals surface area contributed by atoms with Gasteiger partial charge in [-0.05, 0) is 50.3 Å². The average molecular weight is 303 g/mol. The van der Waals surface area contributed by atoms with Gasteiger partial charge in [-0.25, -0.2) is 4.39 Å². The Labute approximate surface area is 127 Å². The molecule has 1 aromatic heterocycles. The van der Waals surface area contributed by atoms with E-state index in [-0.39, 0.29) is 11.7 Å². The molecule has 4 heteroatoms. The van der Waals surface area contributed by atoms with Crippen LogP contribution in [0.4, 0.5) is 4.39 Å². The Morgan fingerprint density at radius 1 is 1.33 bits per heavy atom. The van der Waals surface area contributed by atoms with Crippen molar-refractivity contribution in [2.45, 2.75) is 32.1 Å². The molecule has 3 rings (SSSR count). The van der Waals surface area contributed by atoms with E-state index in [1.54, 1.807) is 12.1 Å². The van der Waals surface area contributed by atoms with E-state index in [4.69, 9.17) is 0 Å². The molecule has 1 N–H and O–H groups in total. The summed E-state index contributed by atoms with van der Waals surface area (Å²) in [5, 5.41) is 3.47. The van der Waals surface area contributed by atoms with Crippen molar-refractivity contribution in [2.24, 2.45) is 0 Å². The number of hydrogen-bond donors (Lipinski definition) is 1. The average Bonchev–Trinajstić information content (AvgIpc) is 2.94. The van der Waals surface area contributed by atoms with Gasteiger partial charge in [0.1, 0.15) is 5.82 Å². The normalized spacial score (nSPS) is 15.0. The van der Waals surface area contributed by atoms with Crippen LogP contribution in [0.2, 0.25) is 0 Å². The van der Waals surface area contributed by atoms with Crippen LogP contribution in [0.15, 0.2) is 35.9 Å². The van der Waals surface area contributed by atoms with Crippen LogP contribution in [0.3, 0.4) is 0 Å². The third-order valence-corrected chi connectivity index (χ3v) is 4.95. The van der Waals surface area contributed by atoms with Crippen molar-refractivity contribution in [2.75, 3.05) is 6.54 Å². The topological polar surface area (TPSA) is 29.1 Å². The highest BCUT2D eigenvalue weighted by Crippen LogP contribution is 2.27. The fraction of sp³-hybridized carbons (Fsp3) is 0.353. The highest BCUT2D eigenvalue weighted by Gasteiger charge is 2.12. The summed E-state index contributed by atoms with van der Waals surface area (Å²) < 4.78 is 14.4. The minimum Gasteiger partial charge on any atom is -0.351 e. The summed E-state index contributed by atoms with van der Waals surface area (Å²) in [5.41, 5.74) is 1.45. The quantitative estimate of drug-likeness (QED) is 0.818. The van der Waals surface area contributed by atoms with Crippen molar-refractivity contribution in [3.8, 4) is 0 Å². The molecule has 0 atom stereocenters. The first-order valence-corrected chi connectivity index (χ1v) is 8.20. The molecule has 1 heterocycles. The van der Waals surface area contributed by atoms with Crippen molar-refractivity contribution in [1.82, 2.24) is 5.32 Å². The van der Waals surface area contributed by atoms with Gasteiger partial charge in [0.2, 0.25) is 0 Å². The lowest BCUT2D eigenvalue weighted by atomic mass is 9.97. The zero-order chi connectivity index (χ0) is 14.7. The van der Waals surface area contributed by atoms with Gasteiger partial charge in [0.05, 0.1) is 4.88 Å². The molecular weight excluding hydrogens is 285 g/mol. The lowest BCUT2D eigenvalue weighted by Gasteiger charge is -2.12. The fourth-order valence-corrected chi connectivity index (χ4v) is 3.68. The molecule has 1 aromatic carbocycles. The van der Waals surface area contributed by atoms with Crippen LogP contribution in [-0.2, 0) is 0 Å². The van der Waals surface area contributed by atoms with Gasteiger partial charge in [-0.1, -0.05) is 17.7 Å². The zero-order valence-electron chi connectivity index (χ0n) is 11.8. The molecule has 0 bridgehead atoms. The summed E-state index contributed by atoms with van der Waals surface area (Å²) in [5.74, 6) is -0.373. The summed E-state index contributed by atoms with van der Waals surface area (Å²) in [6, 6.07) is 6.58. The molecule has 2 aromatic rings. The molecule has 1 aliphatic carbocycles. The number of halogens is 1. The van der Waals surface area contributed by atoms with Crippen molar-refractivity contribution in [1.29, 1.82) is 0 Å². The summed E-state index contributed by atoms with van der Waals surface area (Å²) >= 11 is 1.34. The Balaban J connectivity index is 1.61. The molecule has 110 valence electrons. The molecule has 0 saturated heterocycles. The van der Waals surface area contributed by atoms with Gasteiger partial charge < -0.3 is 5.32 Å². The molecule has 0 unspecified atom stereocenters. The van der Waals surface area contributed by atoms with Crippen LogP contribution >= 0.6 is 11.3 Å². The summed E-state index contributed by atoms with van der Waals surface area (Å²) in [6.07, 6.45) is 8.08. The predicted octanol–water partition coefficient (Wildman–Crippen LogP) is 4.66. The SMILES string of the molecule is O=C(NCCC1=CCCCC1)c1cc2c(F)cccc2s1. The second kappa shape index (κ2) is 6.39. The van der Waals surface area contributed by atoms with Crippen molar-refractivity contribution in [3.63, 3.8) is 0 Å². The van der Waals surface area contributed by atoms with Crippen molar-refractivity contribution >= 4 is 27.3 Å². The van der Waals surface area contributed by atoms with E-state index < -0.39 is 0 Å². The van der Waals surface area contributed by atoms with Gasteiger partial charge >= 0.3 is 0 Å². The predicted molar refractivity (Wildman–Crippen MR) is 85.3 cm³/mol. The third-order valence-electron chi connectivity index (χ3n) is 3.85. The lowest BCUT2D eigenvalue weighted by molar-refractivity contribution is 0.0958. The maximum absolute atomic E-state index is 13.6. The maximum atomic E-state index is 13.6. The fourth-order valence-electron chi connectivity index (χ4n) is 2.69. The number of amides is 1. The van der Waals surface area contributed by atoms with Gasteiger partial charge in [0.15, 0.2) is 0 Å². The number of fused-ring (bicyclic) bond motifs is 1. The third kappa shape index (κ3) is 3.32. The van der Waals surface area contributed by atoms with Crippen LogP contribution in [0.5, 0.6) is 0 Å². The monoisotopic (exact) mass is 303 g/mol. The summed E-state index contributed by atoms with van der Waals surface area (Å²) in [6.45, 7) is 0.654. The van der Waals surface area contributed by atoms with E-state index in [2.05, 4.69) is 11.4 Å². The number of benzene rings is 1. The largest absolute Gasteiger partial charge is 0.351 e.